The van der Waals surface area contributed by atoms with Crippen molar-refractivity contribution >= 4 is 0 Å². The average Bonchev–Trinajstić information content (AvgIpc) is 3.37. The van der Waals surface area contributed by atoms with E-state index in [0.29, 0.717) is 35.5 Å². The quantitative estimate of drug-likeness (QED) is 0.137. The van der Waals surface area contributed by atoms with Gasteiger partial charge < -0.3 is 0 Å². The second-order valence-electron chi connectivity index (χ2n) is 19.6. The van der Waals surface area contributed by atoms with Crippen LogP contribution in [0.1, 0.15) is 89.9 Å². The summed E-state index contributed by atoms with van der Waals surface area (Å²) in [5.41, 5.74) is 12.2. The van der Waals surface area contributed by atoms with Gasteiger partial charge in [0.2, 0.25) is 0 Å². The molecule has 6 N–H and O–H groups in total. The molecule has 0 saturated carbocycles. The molecule has 0 spiro atoms. The number of rotatable bonds is 8. The molecule has 2 fully saturated rings. The van der Waals surface area contributed by atoms with E-state index in [2.05, 4.69) is 166 Å². The van der Waals surface area contributed by atoms with Crippen molar-refractivity contribution in [1.29, 1.82) is 0 Å². The molecular formula is C56H68N6. The van der Waals surface area contributed by atoms with E-state index >= 15 is 0 Å². The molecule has 9 aliphatic carbocycles. The second kappa shape index (κ2) is 18.5. The average molecular weight is 825 g/mol. The van der Waals surface area contributed by atoms with E-state index in [1.165, 1.54) is 60.0 Å². The molecule has 11 aliphatic rings. The summed E-state index contributed by atoms with van der Waals surface area (Å²) in [6, 6.07) is 0. The first-order chi connectivity index (χ1) is 30.7. The van der Waals surface area contributed by atoms with E-state index < -0.39 is 0 Å². The standard InChI is InChI=1S/C56H68N6/c1-5-17-39(18-6-1)51-57-52(40-19-7-2-8-20-40)60-55(59-51)43-33-29-37(30-34-43)49-47-27-15-13-25-45(47)46-26-14-16-28-48(46)50(49)38-31-35-44(36-32-38)56-61-53(41-21-9-3-10-22-41)58-54(62-56)42-23-11-4-12-24-42/h1-3,5-7,9,11,13-14,17,19,21,23,25-26,29-31,33,35-36,38-39,42-43,48,50-62H,4,8,10,12,15-16,18,20,22,24,27-28,32,34H2. The van der Waals surface area contributed by atoms with Gasteiger partial charge >= 0.3 is 0 Å². The van der Waals surface area contributed by atoms with Gasteiger partial charge in [-0.1, -0.05) is 134 Å². The molecule has 0 aromatic heterocycles. The van der Waals surface area contributed by atoms with Crippen molar-refractivity contribution < 1.29 is 0 Å². The largest absolute Gasteiger partial charge is 0.285 e. The summed E-state index contributed by atoms with van der Waals surface area (Å²) in [5, 5.41) is 24.2. The van der Waals surface area contributed by atoms with E-state index in [-0.39, 0.29) is 37.0 Å². The Morgan fingerprint density at radius 1 is 0.468 bits per heavy atom. The van der Waals surface area contributed by atoms with Gasteiger partial charge in [0, 0.05) is 17.8 Å². The molecule has 0 bridgehead atoms. The molecule has 6 heteroatoms. The third-order valence-corrected chi connectivity index (χ3v) is 15.8. The van der Waals surface area contributed by atoms with Gasteiger partial charge in [-0.25, -0.2) is 0 Å². The minimum absolute atomic E-state index is 0.117. The first-order valence-corrected chi connectivity index (χ1v) is 24.6. The summed E-state index contributed by atoms with van der Waals surface area (Å²) in [6.45, 7) is 0. The van der Waals surface area contributed by atoms with E-state index in [9.17, 15) is 0 Å². The molecule has 2 aliphatic heterocycles. The summed E-state index contributed by atoms with van der Waals surface area (Å²) >= 11 is 0. The number of allylic oxidation sites excluding steroid dienone is 23. The van der Waals surface area contributed by atoms with Crippen LogP contribution >= 0.6 is 0 Å². The molecule has 12 atom stereocenters. The van der Waals surface area contributed by atoms with Crippen molar-refractivity contribution in [3.63, 3.8) is 0 Å². The van der Waals surface area contributed by atoms with Crippen molar-refractivity contribution in [3.05, 3.63) is 178 Å². The molecule has 322 valence electrons. The summed E-state index contributed by atoms with van der Waals surface area (Å²) in [5.74, 6) is 2.77. The Kier molecular flexibility index (Phi) is 12.1. The Bertz CT molecular complexity index is 2210. The van der Waals surface area contributed by atoms with Crippen molar-refractivity contribution in [3.8, 4) is 0 Å². The highest BCUT2D eigenvalue weighted by molar-refractivity contribution is 5.63. The van der Waals surface area contributed by atoms with Gasteiger partial charge in [0.1, 0.15) is 0 Å². The van der Waals surface area contributed by atoms with Crippen LogP contribution in [0.25, 0.3) is 0 Å². The molecule has 0 aromatic rings. The minimum Gasteiger partial charge on any atom is -0.285 e. The van der Waals surface area contributed by atoms with E-state index in [4.69, 9.17) is 0 Å². The topological polar surface area (TPSA) is 72.2 Å². The summed E-state index contributed by atoms with van der Waals surface area (Å²) in [6.07, 6.45) is 70.2. The maximum absolute atomic E-state index is 4.06. The SMILES string of the molecule is C1=CCCC(C2NC(C3=CCC(C4C(C5=CCC(C6NC(C7=CC=CCC7)NC(C7C=CC=CC7)N6)C=C5)=C5CCC=CC5=C5C=CCCC54)C=C3)NC(C3C=CCCC3)N2)=C1. The van der Waals surface area contributed by atoms with Crippen LogP contribution in [0, 0.1) is 35.5 Å². The van der Waals surface area contributed by atoms with Crippen LogP contribution < -0.4 is 31.9 Å². The zero-order chi connectivity index (χ0) is 41.2. The second-order valence-corrected chi connectivity index (χ2v) is 19.6. The molecule has 0 amide bonds. The Labute approximate surface area is 371 Å². The van der Waals surface area contributed by atoms with E-state index in [0.717, 1.165) is 57.8 Å². The monoisotopic (exact) mass is 825 g/mol. The molecule has 6 nitrogen and oxygen atoms in total. The summed E-state index contributed by atoms with van der Waals surface area (Å²) in [4.78, 5) is 0. The normalized spacial score (nSPS) is 39.0. The zero-order valence-corrected chi connectivity index (χ0v) is 36.5. The summed E-state index contributed by atoms with van der Waals surface area (Å²) < 4.78 is 0. The number of fused-ring (bicyclic) bond motifs is 2. The van der Waals surface area contributed by atoms with Gasteiger partial charge in [-0.15, -0.1) is 0 Å². The first-order valence-electron chi connectivity index (χ1n) is 24.6. The molecule has 11 rings (SSSR count). The number of hydrogen-bond acceptors (Lipinski definition) is 6. The van der Waals surface area contributed by atoms with Crippen molar-refractivity contribution in [2.75, 3.05) is 0 Å². The van der Waals surface area contributed by atoms with E-state index in [1.54, 1.807) is 16.7 Å². The maximum atomic E-state index is 4.06. The lowest BCUT2D eigenvalue weighted by Gasteiger charge is -2.46. The zero-order valence-electron chi connectivity index (χ0n) is 36.5. The predicted molar refractivity (Wildman–Crippen MR) is 256 cm³/mol. The van der Waals surface area contributed by atoms with Crippen molar-refractivity contribution in [2.24, 2.45) is 35.5 Å². The highest BCUT2D eigenvalue weighted by Gasteiger charge is 2.43. The van der Waals surface area contributed by atoms with Crippen molar-refractivity contribution in [1.82, 2.24) is 31.9 Å². The fourth-order valence-electron chi connectivity index (χ4n) is 12.6. The fourth-order valence-corrected chi connectivity index (χ4v) is 12.6. The molecule has 0 radical (unpaired) electrons. The highest BCUT2D eigenvalue weighted by atomic mass is 15.4. The Hall–Kier alpha value is -4.14. The third-order valence-electron chi connectivity index (χ3n) is 15.8. The third kappa shape index (κ3) is 8.35. The number of nitrogens with one attached hydrogen (secondary N) is 6. The fraction of sp³-hybridized carbons (Fsp3) is 0.464. The van der Waals surface area contributed by atoms with Gasteiger partial charge in [0.15, 0.2) is 0 Å². The van der Waals surface area contributed by atoms with Crippen LogP contribution in [0.4, 0.5) is 0 Å². The van der Waals surface area contributed by atoms with Gasteiger partial charge in [-0.3, -0.25) is 31.9 Å². The lowest BCUT2D eigenvalue weighted by Crippen LogP contribution is -2.70. The molecule has 62 heavy (non-hydrogen) atoms. The molecule has 2 saturated heterocycles. The van der Waals surface area contributed by atoms with Crippen LogP contribution in [0.15, 0.2) is 178 Å². The van der Waals surface area contributed by atoms with Crippen LogP contribution in [-0.2, 0) is 0 Å². The molecule has 12 unspecified atom stereocenters. The van der Waals surface area contributed by atoms with Gasteiger partial charge in [-0.05, 0) is 152 Å². The van der Waals surface area contributed by atoms with Crippen LogP contribution in [0.3, 0.4) is 0 Å². The predicted octanol–water partition coefficient (Wildman–Crippen LogP) is 10.1. The highest BCUT2D eigenvalue weighted by Crippen LogP contribution is 2.53. The number of hydrogen-bond donors (Lipinski definition) is 6. The Balaban J connectivity index is 0.863. The summed E-state index contributed by atoms with van der Waals surface area (Å²) in [7, 11) is 0. The smallest absolute Gasteiger partial charge is 0.0858 e. The lowest BCUT2D eigenvalue weighted by atomic mass is 9.60. The minimum atomic E-state index is 0.117. The Morgan fingerprint density at radius 2 is 1.19 bits per heavy atom. The lowest BCUT2D eigenvalue weighted by molar-refractivity contribution is 0.157. The molecule has 2 heterocycles. The van der Waals surface area contributed by atoms with Crippen molar-refractivity contribution in [2.45, 2.75) is 127 Å². The van der Waals surface area contributed by atoms with Crippen LogP contribution in [0.5, 0.6) is 0 Å². The first kappa shape index (κ1) is 40.6. The molecular weight excluding hydrogens is 757 g/mol. The maximum Gasteiger partial charge on any atom is 0.0858 e. The van der Waals surface area contributed by atoms with Crippen LogP contribution in [-0.4, -0.2) is 37.0 Å². The Morgan fingerprint density at radius 3 is 1.89 bits per heavy atom. The molecule has 0 aromatic carbocycles. The van der Waals surface area contributed by atoms with Crippen LogP contribution in [0.2, 0.25) is 0 Å². The van der Waals surface area contributed by atoms with Gasteiger partial charge in [-0.2, -0.15) is 0 Å². The van der Waals surface area contributed by atoms with Gasteiger partial charge in [0.25, 0.3) is 0 Å². The van der Waals surface area contributed by atoms with E-state index in [1.807, 2.05) is 0 Å². The van der Waals surface area contributed by atoms with Gasteiger partial charge in [0.05, 0.1) is 37.0 Å².